The van der Waals surface area contributed by atoms with Crippen molar-refractivity contribution in [2.45, 2.75) is 12.5 Å². The minimum atomic E-state index is -1.02. The number of H-pyrrole nitrogens is 1. The van der Waals surface area contributed by atoms with Gasteiger partial charge in [0, 0.05) is 24.5 Å². The fourth-order valence-corrected chi connectivity index (χ4v) is 3.76. The first-order valence-electron chi connectivity index (χ1n) is 9.87. The van der Waals surface area contributed by atoms with E-state index in [2.05, 4.69) is 27.2 Å². The number of halogens is 2. The Kier molecular flexibility index (Phi) is 4.74. The number of likely N-dealkylation sites (N-methyl/N-ethyl adjacent to an activating group) is 1. The molecule has 3 heterocycles. The maximum atomic E-state index is 13.6. The van der Waals surface area contributed by atoms with Crippen LogP contribution in [0.2, 0.25) is 0 Å². The summed E-state index contributed by atoms with van der Waals surface area (Å²) in [6.45, 7) is 1.94. The molecule has 31 heavy (non-hydrogen) atoms. The third kappa shape index (κ3) is 3.79. The highest BCUT2D eigenvalue weighted by molar-refractivity contribution is 5.82. The van der Waals surface area contributed by atoms with Crippen LogP contribution in [0.25, 0.3) is 27.8 Å². The minimum absolute atomic E-state index is 0.187. The van der Waals surface area contributed by atoms with E-state index in [0.29, 0.717) is 11.1 Å². The summed E-state index contributed by atoms with van der Waals surface area (Å²) in [4.78, 5) is 17.2. The van der Waals surface area contributed by atoms with Gasteiger partial charge in [0.25, 0.3) is 5.56 Å². The van der Waals surface area contributed by atoms with Crippen LogP contribution in [-0.4, -0.2) is 51.1 Å². The van der Waals surface area contributed by atoms with Gasteiger partial charge in [-0.2, -0.15) is 0 Å². The normalized spacial score (nSPS) is 16.8. The second kappa shape index (κ2) is 7.59. The molecule has 5 rings (SSSR count). The lowest BCUT2D eigenvalue weighted by Crippen LogP contribution is -2.21. The molecule has 0 aliphatic carbocycles. The maximum Gasteiger partial charge on any atom is 0.258 e. The highest BCUT2D eigenvalue weighted by atomic mass is 19.2. The number of ether oxygens (including phenoxy) is 1. The standard InChI is InChI=1S/C22H19F2N5O2/c1-28-7-6-16(11-28)31-15-4-2-14(3-5-15)29-12-21(26-27-29)17-8-13-9-18(23)19(24)10-20(13)25-22(17)30/h2-5,8-10,12,16H,6-7,11H2,1H3,(H,25,30)/t16-/m1/s1. The van der Waals surface area contributed by atoms with Gasteiger partial charge in [0.2, 0.25) is 0 Å². The van der Waals surface area contributed by atoms with Gasteiger partial charge in [-0.25, -0.2) is 13.5 Å². The molecule has 4 aromatic rings. The molecule has 1 atom stereocenters. The number of hydrogen-bond acceptors (Lipinski definition) is 5. The largest absolute Gasteiger partial charge is 0.489 e. The lowest BCUT2D eigenvalue weighted by atomic mass is 10.1. The van der Waals surface area contributed by atoms with Crippen molar-refractivity contribution in [3.05, 3.63) is 70.6 Å². The number of hydrogen-bond donors (Lipinski definition) is 1. The van der Waals surface area contributed by atoms with E-state index in [-0.39, 0.29) is 17.2 Å². The lowest BCUT2D eigenvalue weighted by molar-refractivity contribution is 0.208. The Balaban J connectivity index is 1.40. The van der Waals surface area contributed by atoms with Gasteiger partial charge in [-0.1, -0.05) is 5.21 Å². The van der Waals surface area contributed by atoms with Gasteiger partial charge < -0.3 is 14.6 Å². The van der Waals surface area contributed by atoms with Crippen LogP contribution < -0.4 is 10.3 Å². The molecule has 7 nitrogen and oxygen atoms in total. The first-order valence-corrected chi connectivity index (χ1v) is 9.87. The minimum Gasteiger partial charge on any atom is -0.489 e. The molecular formula is C22H19F2N5O2. The van der Waals surface area contributed by atoms with Crippen molar-refractivity contribution in [2.24, 2.45) is 0 Å². The summed E-state index contributed by atoms with van der Waals surface area (Å²) in [5.41, 5.74) is 1.04. The Morgan fingerprint density at radius 1 is 1.13 bits per heavy atom. The molecule has 0 bridgehead atoms. The molecular weight excluding hydrogens is 404 g/mol. The third-order valence-corrected chi connectivity index (χ3v) is 5.41. The topological polar surface area (TPSA) is 76.0 Å². The Bertz CT molecular complexity index is 1320. The number of nitrogens with zero attached hydrogens (tertiary/aromatic N) is 4. The molecule has 158 valence electrons. The molecule has 0 spiro atoms. The molecule has 1 aliphatic heterocycles. The number of rotatable bonds is 4. The molecule has 2 aromatic carbocycles. The molecule has 1 saturated heterocycles. The summed E-state index contributed by atoms with van der Waals surface area (Å²) in [5, 5.41) is 8.53. The zero-order valence-electron chi connectivity index (χ0n) is 16.7. The van der Waals surface area contributed by atoms with Gasteiger partial charge in [-0.05, 0) is 49.9 Å². The Morgan fingerprint density at radius 3 is 2.65 bits per heavy atom. The molecule has 1 aliphatic rings. The van der Waals surface area contributed by atoms with E-state index in [9.17, 15) is 13.6 Å². The summed E-state index contributed by atoms with van der Waals surface area (Å²) < 4.78 is 34.5. The molecule has 0 amide bonds. The van der Waals surface area contributed by atoms with Gasteiger partial charge >= 0.3 is 0 Å². The zero-order chi connectivity index (χ0) is 21.5. The molecule has 1 N–H and O–H groups in total. The van der Waals surface area contributed by atoms with E-state index in [1.54, 1.807) is 6.20 Å². The highest BCUT2D eigenvalue weighted by Crippen LogP contribution is 2.23. The van der Waals surface area contributed by atoms with Gasteiger partial charge in [-0.15, -0.1) is 5.10 Å². The van der Waals surface area contributed by atoms with Gasteiger partial charge in [0.1, 0.15) is 17.5 Å². The molecule has 0 saturated carbocycles. The van der Waals surface area contributed by atoms with Crippen LogP contribution in [0.4, 0.5) is 8.78 Å². The van der Waals surface area contributed by atoms with Crippen LogP contribution in [-0.2, 0) is 0 Å². The summed E-state index contributed by atoms with van der Waals surface area (Å²) in [7, 11) is 2.07. The van der Waals surface area contributed by atoms with Crippen molar-refractivity contribution in [1.82, 2.24) is 24.9 Å². The fourth-order valence-electron chi connectivity index (χ4n) is 3.76. The molecule has 9 heteroatoms. The predicted octanol–water partition coefficient (Wildman–Crippen LogP) is 3.14. The summed E-state index contributed by atoms with van der Waals surface area (Å²) >= 11 is 0. The number of likely N-dealkylation sites (tertiary alicyclic amines) is 1. The first-order chi connectivity index (χ1) is 15.0. The van der Waals surface area contributed by atoms with E-state index in [1.165, 1.54) is 10.7 Å². The Hall–Kier alpha value is -3.59. The second-order valence-corrected chi connectivity index (χ2v) is 7.70. The monoisotopic (exact) mass is 423 g/mol. The Labute approximate surface area is 175 Å². The average Bonchev–Trinajstić information content (AvgIpc) is 3.39. The third-order valence-electron chi connectivity index (χ3n) is 5.41. The van der Waals surface area contributed by atoms with Gasteiger partial charge in [0.05, 0.1) is 23.0 Å². The van der Waals surface area contributed by atoms with Crippen molar-refractivity contribution in [1.29, 1.82) is 0 Å². The second-order valence-electron chi connectivity index (χ2n) is 7.70. The predicted molar refractivity (Wildman–Crippen MR) is 111 cm³/mol. The van der Waals surface area contributed by atoms with Crippen LogP contribution in [0, 0.1) is 11.6 Å². The fraction of sp³-hybridized carbons (Fsp3) is 0.227. The van der Waals surface area contributed by atoms with E-state index in [1.807, 2.05) is 24.3 Å². The summed E-state index contributed by atoms with van der Waals surface area (Å²) in [6.07, 6.45) is 2.80. The zero-order valence-corrected chi connectivity index (χ0v) is 16.7. The molecule has 1 fully saturated rings. The van der Waals surface area contributed by atoms with E-state index in [0.717, 1.165) is 43.1 Å². The van der Waals surface area contributed by atoms with Gasteiger partial charge in [0.15, 0.2) is 11.6 Å². The number of aromatic nitrogens is 4. The Morgan fingerprint density at radius 2 is 1.90 bits per heavy atom. The van der Waals surface area contributed by atoms with Crippen LogP contribution in [0.3, 0.4) is 0 Å². The molecule has 0 radical (unpaired) electrons. The summed E-state index contributed by atoms with van der Waals surface area (Å²) in [5.74, 6) is -1.22. The molecule has 0 unspecified atom stereocenters. The number of pyridine rings is 1. The van der Waals surface area contributed by atoms with Crippen molar-refractivity contribution >= 4 is 10.9 Å². The smallest absolute Gasteiger partial charge is 0.258 e. The average molecular weight is 423 g/mol. The summed E-state index contributed by atoms with van der Waals surface area (Å²) in [6, 6.07) is 10.9. The van der Waals surface area contributed by atoms with Crippen molar-refractivity contribution in [3.63, 3.8) is 0 Å². The number of nitrogens with one attached hydrogen (secondary N) is 1. The number of fused-ring (bicyclic) bond motifs is 1. The molecule has 2 aromatic heterocycles. The first kappa shape index (κ1) is 19.4. The van der Waals surface area contributed by atoms with E-state index < -0.39 is 17.2 Å². The quantitative estimate of drug-likeness (QED) is 0.546. The van der Waals surface area contributed by atoms with Crippen LogP contribution >= 0.6 is 0 Å². The van der Waals surface area contributed by atoms with Crippen LogP contribution in [0.15, 0.2) is 53.5 Å². The SMILES string of the molecule is CN1CC[C@@H](Oc2ccc(-n3cc(-c4cc5cc(F)c(F)cc5[nH]c4=O)nn3)cc2)C1. The highest BCUT2D eigenvalue weighted by Gasteiger charge is 2.21. The van der Waals surface area contributed by atoms with Gasteiger partial charge in [-0.3, -0.25) is 4.79 Å². The van der Waals surface area contributed by atoms with Crippen molar-refractivity contribution in [3.8, 4) is 22.7 Å². The van der Waals surface area contributed by atoms with E-state index in [4.69, 9.17) is 4.74 Å². The maximum absolute atomic E-state index is 13.6. The number of benzene rings is 2. The van der Waals surface area contributed by atoms with Crippen LogP contribution in [0.1, 0.15) is 6.42 Å². The lowest BCUT2D eigenvalue weighted by Gasteiger charge is -2.14. The number of aromatic amines is 1. The van der Waals surface area contributed by atoms with Crippen molar-refractivity contribution < 1.29 is 13.5 Å². The van der Waals surface area contributed by atoms with Crippen LogP contribution in [0.5, 0.6) is 5.75 Å². The van der Waals surface area contributed by atoms with E-state index >= 15 is 0 Å². The van der Waals surface area contributed by atoms with Crippen molar-refractivity contribution in [2.75, 3.05) is 20.1 Å².